The number of carboxylic acid groups (broad SMARTS) is 1. The zero-order valence-corrected chi connectivity index (χ0v) is 14.5. The summed E-state index contributed by atoms with van der Waals surface area (Å²) in [4.78, 5) is 11.4. The SMILES string of the molecule is CCCCCCCCC=C(CC(CC)CCCC)C(=O)O. The Balaban J connectivity index is 4.09. The molecule has 0 aromatic carbocycles. The van der Waals surface area contributed by atoms with Crippen LogP contribution in [0.5, 0.6) is 0 Å². The van der Waals surface area contributed by atoms with E-state index in [4.69, 9.17) is 0 Å². The first-order valence-electron chi connectivity index (χ1n) is 9.07. The van der Waals surface area contributed by atoms with Crippen LogP contribution in [0.25, 0.3) is 0 Å². The van der Waals surface area contributed by atoms with Gasteiger partial charge in [0.1, 0.15) is 0 Å². The van der Waals surface area contributed by atoms with Gasteiger partial charge in [-0.25, -0.2) is 4.79 Å². The van der Waals surface area contributed by atoms with E-state index in [1.165, 1.54) is 44.9 Å². The standard InChI is InChI=1S/C19H36O2/c1-4-7-9-10-11-12-13-15-18(19(20)21)16-17(6-3)14-8-5-2/h15,17H,4-14,16H2,1-3H3,(H,20,21). The van der Waals surface area contributed by atoms with Crippen molar-refractivity contribution in [2.75, 3.05) is 0 Å². The smallest absolute Gasteiger partial charge is 0.331 e. The highest BCUT2D eigenvalue weighted by molar-refractivity contribution is 5.86. The van der Waals surface area contributed by atoms with Crippen molar-refractivity contribution < 1.29 is 9.90 Å². The van der Waals surface area contributed by atoms with Gasteiger partial charge in [-0.05, 0) is 25.2 Å². The summed E-state index contributed by atoms with van der Waals surface area (Å²) in [5, 5.41) is 9.35. The molecule has 0 radical (unpaired) electrons. The van der Waals surface area contributed by atoms with Crippen LogP contribution in [-0.2, 0) is 4.79 Å². The molecule has 124 valence electrons. The van der Waals surface area contributed by atoms with Crippen LogP contribution in [0, 0.1) is 5.92 Å². The molecule has 0 spiro atoms. The lowest BCUT2D eigenvalue weighted by Gasteiger charge is -2.14. The van der Waals surface area contributed by atoms with Gasteiger partial charge in [-0.15, -0.1) is 0 Å². The van der Waals surface area contributed by atoms with Crippen molar-refractivity contribution in [2.45, 2.75) is 97.8 Å². The van der Waals surface area contributed by atoms with Gasteiger partial charge in [-0.2, -0.15) is 0 Å². The van der Waals surface area contributed by atoms with Gasteiger partial charge < -0.3 is 5.11 Å². The van der Waals surface area contributed by atoms with Gasteiger partial charge in [0, 0.05) is 5.57 Å². The molecule has 2 heteroatoms. The molecule has 0 aliphatic rings. The topological polar surface area (TPSA) is 37.3 Å². The lowest BCUT2D eigenvalue weighted by Crippen LogP contribution is -2.08. The fraction of sp³-hybridized carbons (Fsp3) is 0.842. The first kappa shape index (κ1) is 20.2. The normalized spacial score (nSPS) is 13.4. The van der Waals surface area contributed by atoms with Crippen LogP contribution >= 0.6 is 0 Å². The number of hydrogen-bond donors (Lipinski definition) is 1. The Hall–Kier alpha value is -0.790. The van der Waals surface area contributed by atoms with Crippen molar-refractivity contribution in [3.8, 4) is 0 Å². The molecular weight excluding hydrogens is 260 g/mol. The third kappa shape index (κ3) is 11.5. The van der Waals surface area contributed by atoms with Gasteiger partial charge in [0.2, 0.25) is 0 Å². The van der Waals surface area contributed by atoms with E-state index in [1.54, 1.807) is 0 Å². The van der Waals surface area contributed by atoms with Crippen LogP contribution in [0.15, 0.2) is 11.6 Å². The molecule has 1 N–H and O–H groups in total. The summed E-state index contributed by atoms with van der Waals surface area (Å²) in [6, 6.07) is 0. The van der Waals surface area contributed by atoms with Crippen LogP contribution in [-0.4, -0.2) is 11.1 Å². The maximum atomic E-state index is 11.4. The Morgan fingerprint density at radius 2 is 1.57 bits per heavy atom. The number of allylic oxidation sites excluding steroid dienone is 1. The lowest BCUT2D eigenvalue weighted by molar-refractivity contribution is -0.132. The number of unbranched alkanes of at least 4 members (excludes halogenated alkanes) is 7. The second kappa shape index (κ2) is 14.2. The van der Waals surface area contributed by atoms with Crippen LogP contribution in [0.1, 0.15) is 97.8 Å². The molecule has 2 nitrogen and oxygen atoms in total. The van der Waals surface area contributed by atoms with E-state index < -0.39 is 5.97 Å². The molecule has 0 fully saturated rings. The van der Waals surface area contributed by atoms with Crippen LogP contribution in [0.4, 0.5) is 0 Å². The molecule has 0 aromatic heterocycles. The lowest BCUT2D eigenvalue weighted by atomic mass is 9.91. The molecule has 0 bridgehead atoms. The van der Waals surface area contributed by atoms with E-state index in [-0.39, 0.29) is 0 Å². The predicted molar refractivity (Wildman–Crippen MR) is 91.6 cm³/mol. The Morgan fingerprint density at radius 3 is 2.14 bits per heavy atom. The fourth-order valence-electron chi connectivity index (χ4n) is 2.71. The van der Waals surface area contributed by atoms with Crippen molar-refractivity contribution in [3.63, 3.8) is 0 Å². The van der Waals surface area contributed by atoms with Crippen LogP contribution in [0.2, 0.25) is 0 Å². The molecule has 0 saturated carbocycles. The monoisotopic (exact) mass is 296 g/mol. The van der Waals surface area contributed by atoms with Gasteiger partial charge >= 0.3 is 5.97 Å². The zero-order chi connectivity index (χ0) is 15.9. The second-order valence-electron chi connectivity index (χ2n) is 6.21. The van der Waals surface area contributed by atoms with Crippen molar-refractivity contribution in [2.24, 2.45) is 5.92 Å². The van der Waals surface area contributed by atoms with Gasteiger partial charge in [0.15, 0.2) is 0 Å². The average Bonchev–Trinajstić information content (AvgIpc) is 2.48. The minimum Gasteiger partial charge on any atom is -0.478 e. The zero-order valence-electron chi connectivity index (χ0n) is 14.5. The molecule has 0 amide bonds. The van der Waals surface area contributed by atoms with Crippen molar-refractivity contribution in [1.29, 1.82) is 0 Å². The number of carboxylic acids is 1. The predicted octanol–water partition coefficient (Wildman–Crippen LogP) is 6.35. The molecule has 21 heavy (non-hydrogen) atoms. The molecule has 0 saturated heterocycles. The Bertz CT molecular complexity index is 281. The second-order valence-corrected chi connectivity index (χ2v) is 6.21. The van der Waals surface area contributed by atoms with E-state index in [0.717, 1.165) is 32.1 Å². The van der Waals surface area contributed by atoms with E-state index >= 15 is 0 Å². The maximum absolute atomic E-state index is 11.4. The van der Waals surface area contributed by atoms with Crippen molar-refractivity contribution in [1.82, 2.24) is 0 Å². The maximum Gasteiger partial charge on any atom is 0.331 e. The Labute approximate surface area is 132 Å². The van der Waals surface area contributed by atoms with E-state index in [2.05, 4.69) is 20.8 Å². The first-order chi connectivity index (χ1) is 10.2. The molecule has 0 heterocycles. The van der Waals surface area contributed by atoms with Crippen molar-refractivity contribution in [3.05, 3.63) is 11.6 Å². The highest BCUT2D eigenvalue weighted by Crippen LogP contribution is 2.22. The molecule has 1 unspecified atom stereocenters. The van der Waals surface area contributed by atoms with Gasteiger partial charge in [0.25, 0.3) is 0 Å². The summed E-state index contributed by atoms with van der Waals surface area (Å²) < 4.78 is 0. The molecule has 0 rings (SSSR count). The van der Waals surface area contributed by atoms with E-state index in [1.807, 2.05) is 6.08 Å². The molecule has 0 aliphatic carbocycles. The minimum absolute atomic E-state index is 0.539. The summed E-state index contributed by atoms with van der Waals surface area (Å²) in [6.07, 6.45) is 15.9. The van der Waals surface area contributed by atoms with E-state index in [0.29, 0.717) is 11.5 Å². The summed E-state index contributed by atoms with van der Waals surface area (Å²) in [5.74, 6) is -0.173. The van der Waals surface area contributed by atoms with E-state index in [9.17, 15) is 9.90 Å². The summed E-state index contributed by atoms with van der Waals surface area (Å²) in [7, 11) is 0. The summed E-state index contributed by atoms with van der Waals surface area (Å²) in [6.45, 7) is 6.59. The quantitative estimate of drug-likeness (QED) is 0.299. The van der Waals surface area contributed by atoms with Gasteiger partial charge in [-0.3, -0.25) is 0 Å². The minimum atomic E-state index is -0.712. The third-order valence-corrected chi connectivity index (χ3v) is 4.27. The largest absolute Gasteiger partial charge is 0.478 e. The number of rotatable bonds is 14. The third-order valence-electron chi connectivity index (χ3n) is 4.27. The average molecular weight is 296 g/mol. The molecule has 0 aromatic rings. The summed E-state index contributed by atoms with van der Waals surface area (Å²) >= 11 is 0. The fourth-order valence-corrected chi connectivity index (χ4v) is 2.71. The van der Waals surface area contributed by atoms with Crippen LogP contribution in [0.3, 0.4) is 0 Å². The number of hydrogen-bond acceptors (Lipinski definition) is 1. The van der Waals surface area contributed by atoms with Gasteiger partial charge in [-0.1, -0.05) is 84.6 Å². The Morgan fingerprint density at radius 1 is 0.952 bits per heavy atom. The van der Waals surface area contributed by atoms with Crippen LogP contribution < -0.4 is 0 Å². The van der Waals surface area contributed by atoms with Gasteiger partial charge in [0.05, 0.1) is 0 Å². The number of aliphatic carboxylic acids is 1. The highest BCUT2D eigenvalue weighted by Gasteiger charge is 2.13. The molecule has 0 aliphatic heterocycles. The first-order valence-corrected chi connectivity index (χ1v) is 9.07. The summed E-state index contributed by atoms with van der Waals surface area (Å²) in [5.41, 5.74) is 0.645. The van der Waals surface area contributed by atoms with Crippen molar-refractivity contribution >= 4 is 5.97 Å². The molecule has 1 atom stereocenters. The Kier molecular flexibility index (Phi) is 13.6. The highest BCUT2D eigenvalue weighted by atomic mass is 16.4. The molecular formula is C19H36O2. The number of carbonyl (C=O) groups is 1.